The average Bonchev–Trinajstić information content (AvgIpc) is 3.41. The highest BCUT2D eigenvalue weighted by atomic mass is 19.1. The first-order valence-electron chi connectivity index (χ1n) is 10.3. The number of nitriles is 1. The fraction of sp³-hybridized carbons (Fsp3) is 0.167. The molecule has 2 heterocycles. The maximum atomic E-state index is 14.9. The lowest BCUT2D eigenvalue weighted by Crippen LogP contribution is -2.18. The van der Waals surface area contributed by atoms with Crippen LogP contribution >= 0.6 is 0 Å². The zero-order valence-corrected chi connectivity index (χ0v) is 18.8. The van der Waals surface area contributed by atoms with E-state index in [0.717, 1.165) is 11.9 Å². The molecule has 0 unspecified atom stereocenters. The van der Waals surface area contributed by atoms with Crippen LogP contribution in [0.15, 0.2) is 54.9 Å². The molecule has 0 saturated heterocycles. The number of nitrogens with zero attached hydrogens (tertiary/aromatic N) is 6. The second kappa shape index (κ2) is 9.25. The molecule has 8 nitrogen and oxygen atoms in total. The van der Waals surface area contributed by atoms with Gasteiger partial charge in [0.15, 0.2) is 0 Å². The lowest BCUT2D eigenvalue weighted by Gasteiger charge is -2.14. The molecule has 1 N–H and O–H groups in total. The number of hydrogen-bond acceptors (Lipinski definition) is 5. The molecule has 0 aliphatic carbocycles. The second-order valence-corrected chi connectivity index (χ2v) is 7.93. The fourth-order valence-corrected chi connectivity index (χ4v) is 3.50. The standard InChI is InChI=1S/C24H21F2N7O/c1-15-10-22(33(30-15)18-4-6-19(25)16(11-18)13-27)24(34)29-21-7-5-17(12-20(21)26)32-9-8-28-23(32)14-31(2)3/h4-12H,14H2,1-3H3,(H,29,34). The van der Waals surface area contributed by atoms with Crippen molar-refractivity contribution >= 4 is 11.6 Å². The SMILES string of the molecule is Cc1cc(C(=O)Nc2ccc(-n3ccnc3CN(C)C)cc2F)n(-c2ccc(F)c(C#N)c2)n1. The van der Waals surface area contributed by atoms with E-state index in [9.17, 15) is 13.6 Å². The molecule has 34 heavy (non-hydrogen) atoms. The summed E-state index contributed by atoms with van der Waals surface area (Å²) in [6.45, 7) is 2.27. The summed E-state index contributed by atoms with van der Waals surface area (Å²) in [4.78, 5) is 19.2. The Hall–Kier alpha value is -4.36. The molecule has 4 aromatic rings. The van der Waals surface area contributed by atoms with E-state index < -0.39 is 17.5 Å². The van der Waals surface area contributed by atoms with Crippen molar-refractivity contribution in [3.05, 3.63) is 89.3 Å². The van der Waals surface area contributed by atoms with Gasteiger partial charge in [0.25, 0.3) is 5.91 Å². The summed E-state index contributed by atoms with van der Waals surface area (Å²) in [6, 6.07) is 11.6. The van der Waals surface area contributed by atoms with Gasteiger partial charge < -0.3 is 14.8 Å². The van der Waals surface area contributed by atoms with Crippen LogP contribution in [0.2, 0.25) is 0 Å². The van der Waals surface area contributed by atoms with Crippen molar-refractivity contribution < 1.29 is 13.6 Å². The van der Waals surface area contributed by atoms with Gasteiger partial charge in [0, 0.05) is 24.1 Å². The average molecular weight is 461 g/mol. The number of carbonyl (C=O) groups is 1. The summed E-state index contributed by atoms with van der Waals surface area (Å²) in [7, 11) is 3.83. The molecule has 0 saturated carbocycles. The zero-order chi connectivity index (χ0) is 24.4. The predicted octanol–water partition coefficient (Wildman–Crippen LogP) is 3.83. The van der Waals surface area contributed by atoms with E-state index >= 15 is 0 Å². The molecule has 10 heteroatoms. The number of aryl methyl sites for hydroxylation is 1. The van der Waals surface area contributed by atoms with Gasteiger partial charge in [0.2, 0.25) is 0 Å². The number of imidazole rings is 1. The summed E-state index contributed by atoms with van der Waals surface area (Å²) in [5.41, 5.74) is 1.36. The molecule has 2 aromatic carbocycles. The van der Waals surface area contributed by atoms with Crippen LogP contribution in [0, 0.1) is 29.9 Å². The normalized spacial score (nSPS) is 11.0. The third-order valence-corrected chi connectivity index (χ3v) is 5.03. The van der Waals surface area contributed by atoms with E-state index in [1.165, 1.54) is 35.0 Å². The minimum atomic E-state index is -0.671. The smallest absolute Gasteiger partial charge is 0.274 e. The largest absolute Gasteiger partial charge is 0.318 e. The Labute approximate surface area is 194 Å². The Kier molecular flexibility index (Phi) is 6.21. The summed E-state index contributed by atoms with van der Waals surface area (Å²) >= 11 is 0. The van der Waals surface area contributed by atoms with Crippen LogP contribution in [0.3, 0.4) is 0 Å². The quantitative estimate of drug-likeness (QED) is 0.471. The Morgan fingerprint density at radius 3 is 2.59 bits per heavy atom. The van der Waals surface area contributed by atoms with Crippen LogP contribution < -0.4 is 5.32 Å². The fourth-order valence-electron chi connectivity index (χ4n) is 3.50. The van der Waals surface area contributed by atoms with Gasteiger partial charge in [0.05, 0.1) is 29.2 Å². The van der Waals surface area contributed by atoms with Crippen molar-refractivity contribution in [2.45, 2.75) is 13.5 Å². The molecule has 0 aliphatic rings. The molecule has 0 bridgehead atoms. The number of benzene rings is 2. The highest BCUT2D eigenvalue weighted by molar-refractivity contribution is 6.03. The first-order chi connectivity index (χ1) is 16.3. The highest BCUT2D eigenvalue weighted by Crippen LogP contribution is 2.22. The number of rotatable bonds is 6. The molecule has 0 radical (unpaired) electrons. The summed E-state index contributed by atoms with van der Waals surface area (Å²) in [5.74, 6) is -1.15. The maximum absolute atomic E-state index is 14.9. The van der Waals surface area contributed by atoms with Gasteiger partial charge in [-0.05, 0) is 57.4 Å². The molecule has 0 fully saturated rings. The second-order valence-electron chi connectivity index (χ2n) is 7.93. The van der Waals surface area contributed by atoms with Crippen LogP contribution in [-0.4, -0.2) is 44.2 Å². The number of amides is 1. The van der Waals surface area contributed by atoms with Crippen molar-refractivity contribution in [3.63, 3.8) is 0 Å². The van der Waals surface area contributed by atoms with Gasteiger partial charge >= 0.3 is 0 Å². The van der Waals surface area contributed by atoms with Gasteiger partial charge in [0.1, 0.15) is 29.2 Å². The third kappa shape index (κ3) is 4.55. The van der Waals surface area contributed by atoms with E-state index in [-0.39, 0.29) is 16.9 Å². The van der Waals surface area contributed by atoms with Crippen molar-refractivity contribution in [2.75, 3.05) is 19.4 Å². The molecular formula is C24H21F2N7O. The van der Waals surface area contributed by atoms with Gasteiger partial charge in [-0.3, -0.25) is 4.79 Å². The number of aromatic nitrogens is 4. The Morgan fingerprint density at radius 2 is 1.88 bits per heavy atom. The molecule has 2 aromatic heterocycles. The summed E-state index contributed by atoms with van der Waals surface area (Å²) in [5, 5.41) is 15.9. The van der Waals surface area contributed by atoms with Crippen LogP contribution in [-0.2, 0) is 6.54 Å². The van der Waals surface area contributed by atoms with Crippen LogP contribution in [0.5, 0.6) is 0 Å². The van der Waals surface area contributed by atoms with Crippen molar-refractivity contribution in [1.82, 2.24) is 24.2 Å². The number of halogens is 2. The highest BCUT2D eigenvalue weighted by Gasteiger charge is 2.18. The van der Waals surface area contributed by atoms with Crippen LogP contribution in [0.25, 0.3) is 11.4 Å². The molecule has 0 spiro atoms. The minimum absolute atomic E-state index is 0.00903. The Morgan fingerprint density at radius 1 is 1.12 bits per heavy atom. The Bertz CT molecular complexity index is 1420. The molecule has 0 aliphatic heterocycles. The van der Waals surface area contributed by atoms with Crippen molar-refractivity contribution in [2.24, 2.45) is 0 Å². The lowest BCUT2D eigenvalue weighted by molar-refractivity contribution is 0.101. The van der Waals surface area contributed by atoms with E-state index in [4.69, 9.17) is 5.26 Å². The number of hydrogen-bond donors (Lipinski definition) is 1. The van der Waals surface area contributed by atoms with E-state index in [1.54, 1.807) is 36.0 Å². The topological polar surface area (TPSA) is 91.8 Å². The lowest BCUT2D eigenvalue weighted by atomic mass is 10.2. The number of nitrogens with one attached hydrogen (secondary N) is 1. The van der Waals surface area contributed by atoms with Gasteiger partial charge in [-0.2, -0.15) is 10.4 Å². The van der Waals surface area contributed by atoms with E-state index in [0.29, 0.717) is 23.6 Å². The first kappa shape index (κ1) is 22.8. The monoisotopic (exact) mass is 461 g/mol. The molecule has 4 rings (SSSR count). The maximum Gasteiger partial charge on any atom is 0.274 e. The van der Waals surface area contributed by atoms with Crippen LogP contribution in [0.1, 0.15) is 27.6 Å². The number of carbonyl (C=O) groups excluding carboxylic acids is 1. The van der Waals surface area contributed by atoms with Gasteiger partial charge in [-0.25, -0.2) is 18.4 Å². The van der Waals surface area contributed by atoms with Crippen molar-refractivity contribution in [1.29, 1.82) is 5.26 Å². The predicted molar refractivity (Wildman–Crippen MR) is 122 cm³/mol. The number of anilines is 1. The van der Waals surface area contributed by atoms with Crippen molar-refractivity contribution in [3.8, 4) is 17.4 Å². The third-order valence-electron chi connectivity index (χ3n) is 5.03. The Balaban J connectivity index is 1.61. The van der Waals surface area contributed by atoms with Crippen LogP contribution in [0.4, 0.5) is 14.5 Å². The van der Waals surface area contributed by atoms with Gasteiger partial charge in [-0.1, -0.05) is 0 Å². The zero-order valence-electron chi connectivity index (χ0n) is 18.8. The minimum Gasteiger partial charge on any atom is -0.318 e. The summed E-state index contributed by atoms with van der Waals surface area (Å²) < 4.78 is 31.7. The summed E-state index contributed by atoms with van der Waals surface area (Å²) in [6.07, 6.45) is 3.38. The molecule has 172 valence electrons. The van der Waals surface area contributed by atoms with Gasteiger partial charge in [-0.15, -0.1) is 0 Å². The molecule has 1 amide bonds. The molecule has 0 atom stereocenters. The first-order valence-corrected chi connectivity index (χ1v) is 10.3. The van der Waals surface area contributed by atoms with E-state index in [1.807, 2.05) is 19.0 Å². The van der Waals surface area contributed by atoms with E-state index in [2.05, 4.69) is 15.4 Å². The molecular weight excluding hydrogens is 440 g/mol.